The van der Waals surface area contributed by atoms with E-state index in [0.29, 0.717) is 18.2 Å². The highest BCUT2D eigenvalue weighted by molar-refractivity contribution is 5.79. The lowest BCUT2D eigenvalue weighted by Gasteiger charge is -2.25. The summed E-state index contributed by atoms with van der Waals surface area (Å²) in [5.41, 5.74) is 3.73. The van der Waals surface area contributed by atoms with E-state index in [9.17, 15) is 9.59 Å². The topological polar surface area (TPSA) is 86.8 Å². The zero-order valence-electron chi connectivity index (χ0n) is 15.4. The van der Waals surface area contributed by atoms with Gasteiger partial charge in [0.2, 0.25) is 5.91 Å². The number of hydrogen-bond acceptors (Lipinski definition) is 3. The van der Waals surface area contributed by atoms with E-state index >= 15 is 0 Å². The number of aromatic amines is 2. The summed E-state index contributed by atoms with van der Waals surface area (Å²) in [5, 5.41) is 10.4. The molecule has 0 radical (unpaired) electrons. The van der Waals surface area contributed by atoms with Crippen LogP contribution in [0.1, 0.15) is 55.4 Å². The predicted octanol–water partition coefficient (Wildman–Crippen LogP) is 2.08. The van der Waals surface area contributed by atoms with Crippen molar-refractivity contribution in [3.05, 3.63) is 39.1 Å². The van der Waals surface area contributed by atoms with Crippen molar-refractivity contribution in [2.24, 2.45) is 5.92 Å². The van der Waals surface area contributed by atoms with Gasteiger partial charge >= 0.3 is 0 Å². The molecule has 136 valence electrons. The molecule has 1 amide bonds. The second kappa shape index (κ2) is 6.90. The smallest absolute Gasteiger partial charge is 0.266 e. The molecule has 0 spiro atoms. The second-order valence-electron chi connectivity index (χ2n) is 7.39. The van der Waals surface area contributed by atoms with E-state index in [0.717, 1.165) is 36.3 Å². The number of aromatic nitrogens is 4. The minimum atomic E-state index is -0.0732. The van der Waals surface area contributed by atoms with Crippen LogP contribution in [0.25, 0.3) is 0 Å². The molecule has 1 atom stereocenters. The normalized spacial score (nSPS) is 17.6. The van der Waals surface area contributed by atoms with Crippen LogP contribution in [0, 0.1) is 19.8 Å². The monoisotopic (exact) mass is 345 g/mol. The number of nitrogens with one attached hydrogen (secondary N) is 2. The minimum absolute atomic E-state index is 0.0560. The van der Waals surface area contributed by atoms with Crippen LogP contribution in [0.5, 0.6) is 0 Å². The first-order valence-electron chi connectivity index (χ1n) is 8.96. The molecule has 3 heterocycles. The van der Waals surface area contributed by atoms with Crippen LogP contribution in [0.3, 0.4) is 0 Å². The van der Waals surface area contributed by atoms with Crippen LogP contribution in [0.4, 0.5) is 0 Å². The Morgan fingerprint density at radius 3 is 2.80 bits per heavy atom. The van der Waals surface area contributed by atoms with E-state index in [-0.39, 0.29) is 23.9 Å². The Morgan fingerprint density at radius 1 is 1.40 bits per heavy atom. The van der Waals surface area contributed by atoms with Crippen molar-refractivity contribution in [1.29, 1.82) is 0 Å². The number of H-pyrrole nitrogens is 2. The zero-order valence-corrected chi connectivity index (χ0v) is 15.4. The number of rotatable bonds is 5. The lowest BCUT2D eigenvalue weighted by Crippen LogP contribution is -2.32. The molecule has 1 aliphatic rings. The molecule has 25 heavy (non-hydrogen) atoms. The third-order valence-electron chi connectivity index (χ3n) is 4.82. The van der Waals surface area contributed by atoms with Crippen molar-refractivity contribution in [2.45, 2.75) is 59.5 Å². The van der Waals surface area contributed by atoms with Gasteiger partial charge in [0.15, 0.2) is 0 Å². The summed E-state index contributed by atoms with van der Waals surface area (Å²) in [4.78, 5) is 26.8. The number of amides is 1. The predicted molar refractivity (Wildman–Crippen MR) is 95.3 cm³/mol. The molecule has 1 fully saturated rings. The van der Waals surface area contributed by atoms with Gasteiger partial charge in [-0.2, -0.15) is 5.10 Å². The first kappa shape index (κ1) is 17.5. The van der Waals surface area contributed by atoms with Gasteiger partial charge in [-0.25, -0.2) is 0 Å². The molecule has 1 saturated heterocycles. The van der Waals surface area contributed by atoms with Gasteiger partial charge in [0.1, 0.15) is 0 Å². The third-order valence-corrected chi connectivity index (χ3v) is 4.82. The van der Waals surface area contributed by atoms with E-state index in [2.05, 4.69) is 29.1 Å². The van der Waals surface area contributed by atoms with Gasteiger partial charge in [-0.15, -0.1) is 0 Å². The Morgan fingerprint density at radius 2 is 2.16 bits per heavy atom. The minimum Gasteiger partial charge on any atom is -0.335 e. The van der Waals surface area contributed by atoms with Crippen molar-refractivity contribution in [2.75, 3.05) is 6.54 Å². The number of hydrogen-bond donors (Lipinski definition) is 2. The van der Waals surface area contributed by atoms with Gasteiger partial charge < -0.3 is 4.90 Å². The molecule has 2 aromatic heterocycles. The van der Waals surface area contributed by atoms with Gasteiger partial charge in [-0.1, -0.05) is 13.8 Å². The SMILES string of the molecule is Cc1n[nH]c(C)c1C1CCCN1C(=O)Cc1cc(=O)n(CC(C)C)[nH]1. The van der Waals surface area contributed by atoms with Crippen molar-refractivity contribution in [3.8, 4) is 0 Å². The quantitative estimate of drug-likeness (QED) is 0.870. The summed E-state index contributed by atoms with van der Waals surface area (Å²) >= 11 is 0. The highest BCUT2D eigenvalue weighted by Crippen LogP contribution is 2.35. The zero-order chi connectivity index (χ0) is 18.1. The molecular weight excluding hydrogens is 318 g/mol. The van der Waals surface area contributed by atoms with Crippen molar-refractivity contribution in [3.63, 3.8) is 0 Å². The third kappa shape index (κ3) is 3.55. The number of carbonyl (C=O) groups is 1. The second-order valence-corrected chi connectivity index (χ2v) is 7.39. The van der Waals surface area contributed by atoms with Crippen LogP contribution in [0.2, 0.25) is 0 Å². The van der Waals surface area contributed by atoms with Crippen molar-refractivity contribution >= 4 is 5.91 Å². The number of aryl methyl sites for hydroxylation is 2. The standard InChI is InChI=1S/C18H27N5O2/c1-11(2)10-23-17(25)9-14(21-23)8-16(24)22-7-5-6-15(22)18-12(3)19-20-13(18)4/h9,11,15,21H,5-8,10H2,1-4H3,(H,19,20). The number of likely N-dealkylation sites (tertiary alicyclic amines) is 1. The molecule has 0 aromatic carbocycles. The molecule has 0 saturated carbocycles. The first-order valence-corrected chi connectivity index (χ1v) is 8.96. The fourth-order valence-corrected chi connectivity index (χ4v) is 3.76. The lowest BCUT2D eigenvalue weighted by molar-refractivity contribution is -0.131. The molecule has 7 heteroatoms. The summed E-state index contributed by atoms with van der Waals surface area (Å²) in [7, 11) is 0. The van der Waals surface area contributed by atoms with Gasteiger partial charge in [0.05, 0.1) is 18.2 Å². The van der Waals surface area contributed by atoms with E-state index in [4.69, 9.17) is 0 Å². The molecule has 3 rings (SSSR count). The lowest BCUT2D eigenvalue weighted by atomic mass is 10.0. The maximum atomic E-state index is 12.8. The van der Waals surface area contributed by atoms with Gasteiger partial charge in [-0.05, 0) is 32.6 Å². The Hall–Kier alpha value is -2.31. The van der Waals surface area contributed by atoms with E-state index in [1.807, 2.05) is 18.7 Å². The Labute approximate surface area is 147 Å². The highest BCUT2D eigenvalue weighted by atomic mass is 16.2. The summed E-state index contributed by atoms with van der Waals surface area (Å²) in [6, 6.07) is 1.62. The van der Waals surface area contributed by atoms with Crippen LogP contribution in [-0.2, 0) is 17.8 Å². The summed E-state index contributed by atoms with van der Waals surface area (Å²) in [6.45, 7) is 9.48. The fourth-order valence-electron chi connectivity index (χ4n) is 3.76. The molecule has 7 nitrogen and oxygen atoms in total. The van der Waals surface area contributed by atoms with Crippen molar-refractivity contribution < 1.29 is 4.79 Å². The van der Waals surface area contributed by atoms with Crippen molar-refractivity contribution in [1.82, 2.24) is 24.9 Å². The highest BCUT2D eigenvalue weighted by Gasteiger charge is 2.33. The van der Waals surface area contributed by atoms with Crippen LogP contribution >= 0.6 is 0 Å². The molecule has 2 aromatic rings. The average Bonchev–Trinajstić information content (AvgIpc) is 3.20. The summed E-state index contributed by atoms with van der Waals surface area (Å²) in [5.74, 6) is 0.426. The maximum Gasteiger partial charge on any atom is 0.266 e. The molecule has 1 aliphatic heterocycles. The summed E-state index contributed by atoms with van der Waals surface area (Å²) in [6.07, 6.45) is 2.18. The molecule has 1 unspecified atom stereocenters. The average molecular weight is 345 g/mol. The van der Waals surface area contributed by atoms with E-state index in [1.165, 1.54) is 0 Å². The van der Waals surface area contributed by atoms with E-state index < -0.39 is 0 Å². The Balaban J connectivity index is 1.76. The largest absolute Gasteiger partial charge is 0.335 e. The van der Waals surface area contributed by atoms with Gasteiger partial charge in [-0.3, -0.25) is 24.5 Å². The molecule has 2 N–H and O–H groups in total. The molecule has 0 bridgehead atoms. The Kier molecular flexibility index (Phi) is 4.83. The fraction of sp³-hybridized carbons (Fsp3) is 0.611. The maximum absolute atomic E-state index is 12.8. The van der Waals surface area contributed by atoms with Crippen LogP contribution in [-0.4, -0.2) is 37.3 Å². The number of nitrogens with zero attached hydrogens (tertiary/aromatic N) is 3. The van der Waals surface area contributed by atoms with Crippen LogP contribution in [0.15, 0.2) is 10.9 Å². The number of carbonyl (C=O) groups excluding carboxylic acids is 1. The Bertz CT molecular complexity index is 794. The van der Waals surface area contributed by atoms with Gasteiger partial charge in [0.25, 0.3) is 5.56 Å². The molecule has 0 aliphatic carbocycles. The van der Waals surface area contributed by atoms with Crippen LogP contribution < -0.4 is 5.56 Å². The first-order chi connectivity index (χ1) is 11.9. The van der Waals surface area contributed by atoms with E-state index in [1.54, 1.807) is 10.7 Å². The summed E-state index contributed by atoms with van der Waals surface area (Å²) < 4.78 is 1.58. The van der Waals surface area contributed by atoms with Gasteiger partial charge in [0, 0.05) is 36.1 Å². The molecular formula is C18H27N5O2.